The quantitative estimate of drug-likeness (QED) is 0.398. The number of hydrogen-bond donors (Lipinski definition) is 2. The first-order chi connectivity index (χ1) is 11.8. The highest BCUT2D eigenvalue weighted by molar-refractivity contribution is 9.10. The van der Waals surface area contributed by atoms with Gasteiger partial charge in [0.2, 0.25) is 10.0 Å². The van der Waals surface area contributed by atoms with Crippen LogP contribution in [0.4, 0.5) is 5.69 Å². The number of halogens is 1. The maximum atomic E-state index is 12.1. The molecule has 2 aromatic carbocycles. The van der Waals surface area contributed by atoms with Crippen LogP contribution >= 0.6 is 15.9 Å². The van der Waals surface area contributed by atoms with E-state index in [1.54, 1.807) is 24.3 Å². The zero-order valence-corrected chi connectivity index (χ0v) is 15.2. The van der Waals surface area contributed by atoms with Crippen molar-refractivity contribution in [2.24, 2.45) is 0 Å². The lowest BCUT2D eigenvalue weighted by atomic mass is 10.2. The van der Waals surface area contributed by atoms with E-state index >= 15 is 0 Å². The molecule has 0 aliphatic rings. The average molecular weight is 428 g/mol. The SMILES string of the molecule is O=C(NCCNS(=O)(=O)c1ccc([N+](=O)[O-])cc1)c1ccc(Br)cc1. The van der Waals surface area contributed by atoms with Crippen LogP contribution in [0.2, 0.25) is 0 Å². The summed E-state index contributed by atoms with van der Waals surface area (Å²) in [4.78, 5) is 21.8. The minimum absolute atomic E-state index is 0.0123. The van der Waals surface area contributed by atoms with Crippen molar-refractivity contribution in [2.45, 2.75) is 4.90 Å². The normalized spacial score (nSPS) is 11.1. The number of benzene rings is 2. The van der Waals surface area contributed by atoms with Crippen molar-refractivity contribution in [2.75, 3.05) is 13.1 Å². The first kappa shape index (κ1) is 19.0. The smallest absolute Gasteiger partial charge is 0.269 e. The van der Waals surface area contributed by atoms with E-state index in [0.29, 0.717) is 5.56 Å². The molecule has 0 aliphatic heterocycles. The second kappa shape index (κ2) is 8.19. The van der Waals surface area contributed by atoms with Gasteiger partial charge in [-0.25, -0.2) is 13.1 Å². The average Bonchev–Trinajstić information content (AvgIpc) is 2.59. The standard InChI is InChI=1S/C15H14BrN3O5S/c16-12-3-1-11(2-4-12)15(20)17-9-10-18-25(23,24)14-7-5-13(6-8-14)19(21)22/h1-8,18H,9-10H2,(H,17,20). The van der Waals surface area contributed by atoms with Crippen LogP contribution in [-0.4, -0.2) is 32.3 Å². The van der Waals surface area contributed by atoms with Gasteiger partial charge in [0.1, 0.15) is 0 Å². The lowest BCUT2D eigenvalue weighted by Crippen LogP contribution is -2.34. The van der Waals surface area contributed by atoms with E-state index in [-0.39, 0.29) is 29.6 Å². The van der Waals surface area contributed by atoms with Crippen LogP contribution in [0.25, 0.3) is 0 Å². The molecule has 0 bridgehead atoms. The molecule has 25 heavy (non-hydrogen) atoms. The Hall–Kier alpha value is -2.30. The summed E-state index contributed by atoms with van der Waals surface area (Å²) >= 11 is 3.27. The summed E-state index contributed by atoms with van der Waals surface area (Å²) in [6.07, 6.45) is 0. The van der Waals surface area contributed by atoms with Gasteiger partial charge in [0, 0.05) is 35.3 Å². The first-order valence-electron chi connectivity index (χ1n) is 7.07. The van der Waals surface area contributed by atoms with Gasteiger partial charge in [-0.2, -0.15) is 0 Å². The van der Waals surface area contributed by atoms with Crippen LogP contribution in [0.1, 0.15) is 10.4 Å². The van der Waals surface area contributed by atoms with Crippen molar-refractivity contribution in [3.05, 3.63) is 68.7 Å². The summed E-state index contributed by atoms with van der Waals surface area (Å²) in [5, 5.41) is 13.2. The molecular formula is C15H14BrN3O5S. The second-order valence-corrected chi connectivity index (χ2v) is 7.59. The number of rotatable bonds is 7. The highest BCUT2D eigenvalue weighted by Crippen LogP contribution is 2.15. The monoisotopic (exact) mass is 427 g/mol. The van der Waals surface area contributed by atoms with Crippen LogP contribution in [0, 0.1) is 10.1 Å². The van der Waals surface area contributed by atoms with Crippen molar-refractivity contribution < 1.29 is 18.1 Å². The van der Waals surface area contributed by atoms with Crippen molar-refractivity contribution in [3.63, 3.8) is 0 Å². The fourth-order valence-electron chi connectivity index (χ4n) is 1.90. The van der Waals surface area contributed by atoms with Gasteiger partial charge >= 0.3 is 0 Å². The molecule has 1 amide bonds. The van der Waals surface area contributed by atoms with E-state index in [4.69, 9.17) is 0 Å². The molecule has 132 valence electrons. The third-order valence-corrected chi connectivity index (χ3v) is 5.17. The van der Waals surface area contributed by atoms with Gasteiger partial charge in [-0.15, -0.1) is 0 Å². The fraction of sp³-hybridized carbons (Fsp3) is 0.133. The Bertz CT molecular complexity index is 867. The van der Waals surface area contributed by atoms with Gasteiger partial charge < -0.3 is 5.32 Å². The van der Waals surface area contributed by atoms with Crippen LogP contribution < -0.4 is 10.0 Å². The number of carbonyl (C=O) groups excluding carboxylic acids is 1. The maximum absolute atomic E-state index is 12.1. The van der Waals surface area contributed by atoms with E-state index in [0.717, 1.165) is 28.7 Å². The summed E-state index contributed by atoms with van der Waals surface area (Å²) < 4.78 is 27.3. The van der Waals surface area contributed by atoms with Gasteiger partial charge in [-0.05, 0) is 36.4 Å². The number of carbonyl (C=O) groups is 1. The molecule has 0 aromatic heterocycles. The predicted molar refractivity (Wildman–Crippen MR) is 94.8 cm³/mol. The summed E-state index contributed by atoms with van der Waals surface area (Å²) in [7, 11) is -3.80. The molecular weight excluding hydrogens is 414 g/mol. The molecule has 10 heteroatoms. The van der Waals surface area contributed by atoms with Gasteiger partial charge in [-0.3, -0.25) is 14.9 Å². The van der Waals surface area contributed by atoms with Crippen molar-refractivity contribution in [1.82, 2.24) is 10.0 Å². The minimum atomic E-state index is -3.80. The van der Waals surface area contributed by atoms with Gasteiger partial charge in [0.25, 0.3) is 11.6 Å². The molecule has 0 heterocycles. The Morgan fingerprint density at radius 3 is 2.20 bits per heavy atom. The Kier molecular flexibility index (Phi) is 6.23. The molecule has 2 aromatic rings. The van der Waals surface area contributed by atoms with E-state index in [2.05, 4.69) is 26.0 Å². The lowest BCUT2D eigenvalue weighted by Gasteiger charge is -2.08. The molecule has 0 aliphatic carbocycles. The number of amides is 1. The summed E-state index contributed by atoms with van der Waals surface area (Å²) in [5.41, 5.74) is 0.266. The van der Waals surface area contributed by atoms with Gasteiger partial charge in [0.05, 0.1) is 9.82 Å². The van der Waals surface area contributed by atoms with Gasteiger partial charge in [-0.1, -0.05) is 15.9 Å². The fourth-order valence-corrected chi connectivity index (χ4v) is 3.19. The van der Waals surface area contributed by atoms with Crippen LogP contribution in [0.3, 0.4) is 0 Å². The Balaban J connectivity index is 1.86. The summed E-state index contributed by atoms with van der Waals surface area (Å²) in [6, 6.07) is 11.3. The summed E-state index contributed by atoms with van der Waals surface area (Å²) in [5.74, 6) is -0.318. The Morgan fingerprint density at radius 1 is 1.04 bits per heavy atom. The van der Waals surface area contributed by atoms with Crippen molar-refractivity contribution in [1.29, 1.82) is 0 Å². The Labute approximate surface area is 152 Å². The third kappa shape index (κ3) is 5.34. The number of sulfonamides is 1. The molecule has 0 atom stereocenters. The first-order valence-corrected chi connectivity index (χ1v) is 9.35. The largest absolute Gasteiger partial charge is 0.351 e. The zero-order valence-electron chi connectivity index (χ0n) is 12.8. The van der Waals surface area contributed by atoms with E-state index < -0.39 is 14.9 Å². The number of hydrogen-bond acceptors (Lipinski definition) is 5. The number of nitrogens with one attached hydrogen (secondary N) is 2. The molecule has 2 N–H and O–H groups in total. The number of non-ortho nitro benzene ring substituents is 1. The molecule has 0 unspecified atom stereocenters. The van der Waals surface area contributed by atoms with E-state index in [1.807, 2.05) is 0 Å². The third-order valence-electron chi connectivity index (χ3n) is 3.17. The molecule has 8 nitrogen and oxygen atoms in total. The topological polar surface area (TPSA) is 118 Å². The lowest BCUT2D eigenvalue weighted by molar-refractivity contribution is -0.384. The number of nitrogens with zero attached hydrogens (tertiary/aromatic N) is 1. The Morgan fingerprint density at radius 2 is 1.64 bits per heavy atom. The molecule has 0 fully saturated rings. The molecule has 0 radical (unpaired) electrons. The zero-order chi connectivity index (χ0) is 18.4. The maximum Gasteiger partial charge on any atom is 0.269 e. The highest BCUT2D eigenvalue weighted by Gasteiger charge is 2.15. The molecule has 0 saturated heterocycles. The predicted octanol–water partition coefficient (Wildman–Crippen LogP) is 2.07. The second-order valence-electron chi connectivity index (χ2n) is 4.91. The van der Waals surface area contributed by atoms with Crippen molar-refractivity contribution >= 4 is 37.5 Å². The van der Waals surface area contributed by atoms with Gasteiger partial charge in [0.15, 0.2) is 0 Å². The minimum Gasteiger partial charge on any atom is -0.351 e. The molecule has 0 saturated carbocycles. The summed E-state index contributed by atoms with van der Waals surface area (Å²) in [6.45, 7) is 0.0860. The highest BCUT2D eigenvalue weighted by atomic mass is 79.9. The number of nitro benzene ring substituents is 1. The molecule has 0 spiro atoms. The van der Waals surface area contributed by atoms with E-state index in [9.17, 15) is 23.3 Å². The van der Waals surface area contributed by atoms with E-state index in [1.165, 1.54) is 0 Å². The molecule has 2 rings (SSSR count). The van der Waals surface area contributed by atoms with Crippen molar-refractivity contribution in [3.8, 4) is 0 Å². The van der Waals surface area contributed by atoms with Crippen LogP contribution in [-0.2, 0) is 10.0 Å². The number of nitro groups is 1. The van der Waals surface area contributed by atoms with Crippen LogP contribution in [0.5, 0.6) is 0 Å². The van der Waals surface area contributed by atoms with Crippen LogP contribution in [0.15, 0.2) is 57.9 Å².